The van der Waals surface area contributed by atoms with E-state index in [1.807, 2.05) is 18.2 Å². The lowest BCUT2D eigenvalue weighted by Gasteiger charge is -2.22. The fourth-order valence-corrected chi connectivity index (χ4v) is 3.10. The normalized spacial score (nSPS) is 14.1. The van der Waals surface area contributed by atoms with Crippen LogP contribution in [0, 0.1) is 0 Å². The first kappa shape index (κ1) is 16.5. The fraction of sp³-hybridized carbons (Fsp3) is 0.467. The molecule has 0 spiro atoms. The summed E-state index contributed by atoms with van der Waals surface area (Å²) in [6, 6.07) is 5.56. The lowest BCUT2D eigenvalue weighted by molar-refractivity contribution is -0.130. The summed E-state index contributed by atoms with van der Waals surface area (Å²) in [6.07, 6.45) is 0. The average Bonchev–Trinajstić information content (AvgIpc) is 2.91. The van der Waals surface area contributed by atoms with Crippen LogP contribution in [0.3, 0.4) is 0 Å². The number of carbonyl (C=O) groups is 2. The van der Waals surface area contributed by atoms with Crippen LogP contribution in [-0.2, 0) is 11.3 Å². The summed E-state index contributed by atoms with van der Waals surface area (Å²) in [4.78, 5) is 27.0. The van der Waals surface area contributed by atoms with E-state index in [9.17, 15) is 9.59 Å². The van der Waals surface area contributed by atoms with E-state index < -0.39 is 0 Å². The minimum atomic E-state index is -0.0966. The van der Waals surface area contributed by atoms with Crippen LogP contribution in [0.25, 0.3) is 0 Å². The highest BCUT2D eigenvalue weighted by atomic mass is 32.2. The fourth-order valence-electron chi connectivity index (χ4n) is 2.28. The Morgan fingerprint density at radius 1 is 1.36 bits per heavy atom. The van der Waals surface area contributed by atoms with Crippen molar-refractivity contribution in [3.05, 3.63) is 23.8 Å². The molecule has 0 unspecified atom stereocenters. The van der Waals surface area contributed by atoms with Gasteiger partial charge in [0.15, 0.2) is 11.5 Å². The van der Waals surface area contributed by atoms with Crippen molar-refractivity contribution in [1.82, 2.24) is 9.80 Å². The maximum atomic E-state index is 12.3. The highest BCUT2D eigenvalue weighted by Gasteiger charge is 2.25. The van der Waals surface area contributed by atoms with Gasteiger partial charge in [-0.05, 0) is 6.07 Å². The Labute approximate surface area is 134 Å². The van der Waals surface area contributed by atoms with Crippen molar-refractivity contribution in [3.63, 3.8) is 0 Å². The number of likely N-dealkylation sites (N-methyl/N-ethyl adjacent to an activating group) is 1. The lowest BCUT2D eigenvalue weighted by atomic mass is 10.1. The first-order valence-electron chi connectivity index (χ1n) is 6.92. The van der Waals surface area contributed by atoms with Gasteiger partial charge in [-0.25, -0.2) is 0 Å². The van der Waals surface area contributed by atoms with Gasteiger partial charge in [-0.15, -0.1) is 0 Å². The van der Waals surface area contributed by atoms with Crippen LogP contribution in [0.5, 0.6) is 11.5 Å². The van der Waals surface area contributed by atoms with Gasteiger partial charge in [0.1, 0.15) is 6.54 Å². The summed E-state index contributed by atoms with van der Waals surface area (Å²) in [7, 11) is 4.87. The number of hydrogen-bond donors (Lipinski definition) is 0. The van der Waals surface area contributed by atoms with Crippen molar-refractivity contribution in [2.75, 3.05) is 40.1 Å². The smallest absolute Gasteiger partial charge is 0.282 e. The number of hydrogen-bond acceptors (Lipinski definition) is 5. The van der Waals surface area contributed by atoms with Gasteiger partial charge >= 0.3 is 0 Å². The van der Waals surface area contributed by atoms with Gasteiger partial charge in [-0.2, -0.15) is 0 Å². The molecular weight excluding hydrogens is 304 g/mol. The Bertz CT molecular complexity index is 564. The molecule has 0 saturated carbocycles. The summed E-state index contributed by atoms with van der Waals surface area (Å²) in [5, 5.41) is -0.0271. The molecule has 120 valence electrons. The topological polar surface area (TPSA) is 59.1 Å². The van der Waals surface area contributed by atoms with Gasteiger partial charge in [0.05, 0.1) is 14.2 Å². The Morgan fingerprint density at radius 3 is 2.73 bits per heavy atom. The number of methoxy groups -OCH3 is 2. The van der Waals surface area contributed by atoms with Crippen molar-refractivity contribution in [2.24, 2.45) is 0 Å². The molecule has 0 aliphatic carbocycles. The summed E-state index contributed by atoms with van der Waals surface area (Å²) in [5.41, 5.74) is 0.861. The van der Waals surface area contributed by atoms with Crippen LogP contribution in [0.4, 0.5) is 4.79 Å². The second kappa shape index (κ2) is 7.40. The molecule has 6 nitrogen and oxygen atoms in total. The van der Waals surface area contributed by atoms with E-state index in [-0.39, 0.29) is 17.7 Å². The molecule has 1 aliphatic heterocycles. The number of benzene rings is 1. The molecule has 0 bridgehead atoms. The number of para-hydroxylation sites is 1. The summed E-state index contributed by atoms with van der Waals surface area (Å²) in [5.74, 6) is 1.91. The number of ether oxygens (including phenoxy) is 2. The molecule has 0 N–H and O–H groups in total. The zero-order valence-electron chi connectivity index (χ0n) is 13.0. The van der Waals surface area contributed by atoms with Gasteiger partial charge in [0.25, 0.3) is 5.24 Å². The molecule has 0 radical (unpaired) electrons. The highest BCUT2D eigenvalue weighted by Crippen LogP contribution is 2.31. The van der Waals surface area contributed by atoms with Crippen molar-refractivity contribution in [1.29, 1.82) is 0 Å². The number of rotatable bonds is 6. The summed E-state index contributed by atoms with van der Waals surface area (Å²) < 4.78 is 10.6. The second-order valence-electron chi connectivity index (χ2n) is 4.94. The van der Waals surface area contributed by atoms with E-state index in [0.717, 1.165) is 11.3 Å². The van der Waals surface area contributed by atoms with E-state index in [4.69, 9.17) is 9.47 Å². The molecule has 2 amide bonds. The molecule has 1 aromatic rings. The van der Waals surface area contributed by atoms with Crippen LogP contribution in [0.1, 0.15) is 5.56 Å². The standard InChI is InChI=1S/C15H20N2O4S/c1-16(13(18)10-17-7-8-22-15(17)19)9-11-5-4-6-12(20-2)14(11)21-3/h4-6H,7-10H2,1-3H3. The second-order valence-corrected chi connectivity index (χ2v) is 5.98. The van der Waals surface area contributed by atoms with Gasteiger partial charge in [0, 0.05) is 31.5 Å². The first-order chi connectivity index (χ1) is 10.6. The van der Waals surface area contributed by atoms with Crippen molar-refractivity contribution < 1.29 is 19.1 Å². The third-order valence-corrected chi connectivity index (χ3v) is 4.38. The lowest BCUT2D eigenvalue weighted by Crippen LogP contribution is -2.38. The number of nitrogens with zero attached hydrogens (tertiary/aromatic N) is 2. The Balaban J connectivity index is 2.03. The monoisotopic (exact) mass is 324 g/mol. The molecule has 1 aromatic carbocycles. The molecule has 1 saturated heterocycles. The summed E-state index contributed by atoms with van der Waals surface area (Å²) in [6.45, 7) is 1.15. The largest absolute Gasteiger partial charge is 0.493 e. The highest BCUT2D eigenvalue weighted by molar-refractivity contribution is 8.13. The maximum Gasteiger partial charge on any atom is 0.282 e. The summed E-state index contributed by atoms with van der Waals surface area (Å²) >= 11 is 1.25. The van der Waals surface area contributed by atoms with E-state index in [1.165, 1.54) is 11.8 Å². The molecule has 1 fully saturated rings. The zero-order valence-corrected chi connectivity index (χ0v) is 13.8. The molecule has 1 aliphatic rings. The van der Waals surface area contributed by atoms with Gasteiger partial charge in [-0.1, -0.05) is 23.9 Å². The predicted molar refractivity (Wildman–Crippen MR) is 85.4 cm³/mol. The molecule has 0 atom stereocenters. The quantitative estimate of drug-likeness (QED) is 0.799. The maximum absolute atomic E-state index is 12.3. The van der Waals surface area contributed by atoms with Crippen LogP contribution >= 0.6 is 11.8 Å². The van der Waals surface area contributed by atoms with E-state index in [0.29, 0.717) is 24.6 Å². The Morgan fingerprint density at radius 2 is 2.14 bits per heavy atom. The van der Waals surface area contributed by atoms with Gasteiger partial charge < -0.3 is 19.3 Å². The first-order valence-corrected chi connectivity index (χ1v) is 7.91. The number of amides is 2. The molecule has 0 aromatic heterocycles. The van der Waals surface area contributed by atoms with Crippen LogP contribution in [0.2, 0.25) is 0 Å². The van der Waals surface area contributed by atoms with E-state index in [1.54, 1.807) is 31.1 Å². The van der Waals surface area contributed by atoms with Crippen molar-refractivity contribution >= 4 is 22.9 Å². The van der Waals surface area contributed by atoms with Gasteiger partial charge in [-0.3, -0.25) is 9.59 Å². The zero-order chi connectivity index (χ0) is 16.1. The predicted octanol–water partition coefficient (Wildman–Crippen LogP) is 1.83. The molecule has 7 heteroatoms. The van der Waals surface area contributed by atoms with Crippen LogP contribution < -0.4 is 9.47 Å². The minimum Gasteiger partial charge on any atom is -0.493 e. The van der Waals surface area contributed by atoms with Crippen molar-refractivity contribution in [2.45, 2.75) is 6.54 Å². The molecule has 1 heterocycles. The molecule has 22 heavy (non-hydrogen) atoms. The van der Waals surface area contributed by atoms with Gasteiger partial charge in [0.2, 0.25) is 5.91 Å². The average molecular weight is 324 g/mol. The van der Waals surface area contributed by atoms with Crippen LogP contribution in [-0.4, -0.2) is 61.1 Å². The van der Waals surface area contributed by atoms with Crippen molar-refractivity contribution in [3.8, 4) is 11.5 Å². The minimum absolute atomic E-state index is 0.0271. The third kappa shape index (κ3) is 3.65. The number of carbonyl (C=O) groups excluding carboxylic acids is 2. The Kier molecular flexibility index (Phi) is 5.54. The van der Waals surface area contributed by atoms with E-state index >= 15 is 0 Å². The Hall–Kier alpha value is -1.89. The van der Waals surface area contributed by atoms with Crippen LogP contribution in [0.15, 0.2) is 18.2 Å². The SMILES string of the molecule is COc1cccc(CN(C)C(=O)CN2CCSC2=O)c1OC. The molecular formula is C15H20N2O4S. The third-order valence-electron chi connectivity index (χ3n) is 3.49. The number of thioether (sulfide) groups is 1. The van der Waals surface area contributed by atoms with E-state index in [2.05, 4.69) is 0 Å². The molecule has 2 rings (SSSR count).